The summed E-state index contributed by atoms with van der Waals surface area (Å²) in [5, 5.41) is 3.75. The standard InChI is InChI=1S/C16H17ClF3N5O.2ClH/c1-9-5-10(6-21)8-24(9)15(26)11-7-23-25(13(11)16(18,19)20)14-12(17)3-2-4-22-14;;/h2-4,7,9-10H,5-6,8,21H2,1H3;2*1H. The molecule has 1 aliphatic rings. The number of carbonyl (C=O) groups excluding carboxylic acids is 1. The maximum absolute atomic E-state index is 13.7. The fourth-order valence-corrected chi connectivity index (χ4v) is 3.42. The van der Waals surface area contributed by atoms with Gasteiger partial charge < -0.3 is 10.6 Å². The van der Waals surface area contributed by atoms with Gasteiger partial charge >= 0.3 is 6.18 Å². The highest BCUT2D eigenvalue weighted by Gasteiger charge is 2.43. The lowest BCUT2D eigenvalue weighted by atomic mass is 10.1. The molecular weight excluding hydrogens is 442 g/mol. The predicted octanol–water partition coefficient (Wildman–Crippen LogP) is 3.59. The number of hydrogen-bond acceptors (Lipinski definition) is 4. The monoisotopic (exact) mass is 459 g/mol. The number of carbonyl (C=O) groups is 1. The molecule has 2 unspecified atom stereocenters. The second-order valence-corrected chi connectivity index (χ2v) is 6.68. The summed E-state index contributed by atoms with van der Waals surface area (Å²) >= 11 is 5.96. The van der Waals surface area contributed by atoms with Crippen LogP contribution in [0.5, 0.6) is 0 Å². The summed E-state index contributed by atoms with van der Waals surface area (Å²) in [6.45, 7) is 2.49. The van der Waals surface area contributed by atoms with E-state index in [0.717, 1.165) is 6.20 Å². The fraction of sp³-hybridized carbons (Fsp3) is 0.438. The van der Waals surface area contributed by atoms with E-state index in [1.165, 1.54) is 23.2 Å². The third-order valence-electron chi connectivity index (χ3n) is 4.46. The Morgan fingerprint density at radius 2 is 2.07 bits per heavy atom. The van der Waals surface area contributed by atoms with Crippen molar-refractivity contribution < 1.29 is 18.0 Å². The van der Waals surface area contributed by atoms with E-state index in [0.29, 0.717) is 24.2 Å². The topological polar surface area (TPSA) is 77.0 Å². The van der Waals surface area contributed by atoms with Crippen LogP contribution in [-0.2, 0) is 6.18 Å². The van der Waals surface area contributed by atoms with Crippen molar-refractivity contribution in [1.82, 2.24) is 19.7 Å². The van der Waals surface area contributed by atoms with E-state index in [9.17, 15) is 18.0 Å². The number of aromatic nitrogens is 3. The Morgan fingerprint density at radius 1 is 1.39 bits per heavy atom. The average Bonchev–Trinajstić information content (AvgIpc) is 3.18. The molecule has 3 heterocycles. The van der Waals surface area contributed by atoms with Crippen LogP contribution in [-0.4, -0.2) is 44.7 Å². The maximum atomic E-state index is 13.7. The molecule has 2 N–H and O–H groups in total. The normalized spacial score (nSPS) is 19.1. The highest BCUT2D eigenvalue weighted by atomic mass is 35.5. The molecule has 0 radical (unpaired) electrons. The van der Waals surface area contributed by atoms with Gasteiger partial charge in [-0.15, -0.1) is 24.8 Å². The minimum Gasteiger partial charge on any atom is -0.335 e. The molecule has 0 bridgehead atoms. The first kappa shape index (κ1) is 24.5. The van der Waals surface area contributed by atoms with E-state index < -0.39 is 23.3 Å². The lowest BCUT2D eigenvalue weighted by molar-refractivity contribution is -0.143. The molecule has 2 aromatic heterocycles. The molecule has 1 saturated heterocycles. The Hall–Kier alpha value is -1.55. The molecule has 2 atom stereocenters. The van der Waals surface area contributed by atoms with Crippen LogP contribution < -0.4 is 5.73 Å². The molecule has 3 rings (SSSR count). The summed E-state index contributed by atoms with van der Waals surface area (Å²) in [5.41, 5.74) is 3.92. The van der Waals surface area contributed by atoms with Crippen LogP contribution in [0.25, 0.3) is 5.82 Å². The zero-order valence-electron chi connectivity index (χ0n) is 14.7. The number of nitrogens with zero attached hydrogens (tertiary/aromatic N) is 4. The minimum absolute atomic E-state index is 0. The molecule has 156 valence electrons. The molecule has 6 nitrogen and oxygen atoms in total. The number of likely N-dealkylation sites (tertiary alicyclic amines) is 1. The first-order valence-corrected chi connectivity index (χ1v) is 8.39. The van der Waals surface area contributed by atoms with Gasteiger partial charge in [-0.2, -0.15) is 18.3 Å². The van der Waals surface area contributed by atoms with Crippen LogP contribution in [0.1, 0.15) is 29.4 Å². The van der Waals surface area contributed by atoms with Gasteiger partial charge in [0.25, 0.3) is 5.91 Å². The molecular formula is C16H19Cl3F3N5O. The van der Waals surface area contributed by atoms with Crippen LogP contribution in [0.4, 0.5) is 13.2 Å². The second kappa shape index (κ2) is 9.30. The summed E-state index contributed by atoms with van der Waals surface area (Å²) in [5.74, 6) is -0.836. The zero-order valence-corrected chi connectivity index (χ0v) is 17.1. The quantitative estimate of drug-likeness (QED) is 0.759. The zero-order chi connectivity index (χ0) is 19.1. The number of nitrogens with two attached hydrogens (primary N) is 1. The smallest absolute Gasteiger partial charge is 0.335 e. The van der Waals surface area contributed by atoms with E-state index in [2.05, 4.69) is 10.1 Å². The van der Waals surface area contributed by atoms with E-state index >= 15 is 0 Å². The van der Waals surface area contributed by atoms with E-state index in [1.54, 1.807) is 6.92 Å². The SMILES string of the molecule is CC1CC(CN)CN1C(=O)c1cnn(-c2ncccc2Cl)c1C(F)(F)F.Cl.Cl. The van der Waals surface area contributed by atoms with E-state index in [1.807, 2.05) is 0 Å². The van der Waals surface area contributed by atoms with Crippen molar-refractivity contribution in [1.29, 1.82) is 0 Å². The molecule has 1 fully saturated rings. The third-order valence-corrected chi connectivity index (χ3v) is 4.76. The van der Waals surface area contributed by atoms with Crippen LogP contribution in [0, 0.1) is 5.92 Å². The van der Waals surface area contributed by atoms with Crippen molar-refractivity contribution in [3.63, 3.8) is 0 Å². The highest BCUT2D eigenvalue weighted by molar-refractivity contribution is 6.32. The molecule has 12 heteroatoms. The van der Waals surface area contributed by atoms with Gasteiger partial charge in [0.1, 0.15) is 0 Å². The summed E-state index contributed by atoms with van der Waals surface area (Å²) < 4.78 is 41.7. The first-order valence-electron chi connectivity index (χ1n) is 8.01. The van der Waals surface area contributed by atoms with Gasteiger partial charge in [0, 0.05) is 18.8 Å². The van der Waals surface area contributed by atoms with Crippen LogP contribution in [0.3, 0.4) is 0 Å². The Kier molecular flexibility index (Phi) is 8.13. The van der Waals surface area contributed by atoms with Crippen LogP contribution in [0.2, 0.25) is 5.02 Å². The number of hydrogen-bond donors (Lipinski definition) is 1. The van der Waals surface area contributed by atoms with Crippen molar-refractivity contribution in [3.05, 3.63) is 40.8 Å². The first-order chi connectivity index (χ1) is 12.2. The minimum atomic E-state index is -4.81. The lowest BCUT2D eigenvalue weighted by Crippen LogP contribution is -2.35. The van der Waals surface area contributed by atoms with Gasteiger partial charge in [-0.1, -0.05) is 11.6 Å². The Labute approximate surface area is 177 Å². The number of amides is 1. The Bertz CT molecular complexity index is 830. The average molecular weight is 461 g/mol. The van der Waals surface area contributed by atoms with Crippen LogP contribution >= 0.6 is 36.4 Å². The van der Waals surface area contributed by atoms with Crippen molar-refractivity contribution in [2.75, 3.05) is 13.1 Å². The van der Waals surface area contributed by atoms with Crippen molar-refractivity contribution in [3.8, 4) is 5.82 Å². The summed E-state index contributed by atoms with van der Waals surface area (Å²) in [7, 11) is 0. The van der Waals surface area contributed by atoms with Gasteiger partial charge in [0.05, 0.1) is 16.8 Å². The van der Waals surface area contributed by atoms with Gasteiger partial charge in [0.15, 0.2) is 11.5 Å². The Balaban J connectivity index is 0.00000196. The number of rotatable bonds is 3. The van der Waals surface area contributed by atoms with Crippen molar-refractivity contribution >= 4 is 42.3 Å². The third kappa shape index (κ3) is 4.53. The van der Waals surface area contributed by atoms with E-state index in [4.69, 9.17) is 17.3 Å². The highest BCUT2D eigenvalue weighted by Crippen LogP contribution is 2.36. The summed E-state index contributed by atoms with van der Waals surface area (Å²) in [6, 6.07) is 2.70. The molecule has 28 heavy (non-hydrogen) atoms. The van der Waals surface area contributed by atoms with Gasteiger partial charge in [-0.25, -0.2) is 9.67 Å². The molecule has 1 amide bonds. The largest absolute Gasteiger partial charge is 0.434 e. The molecule has 0 saturated carbocycles. The maximum Gasteiger partial charge on any atom is 0.434 e. The van der Waals surface area contributed by atoms with Crippen LogP contribution in [0.15, 0.2) is 24.5 Å². The molecule has 0 aromatic carbocycles. The number of pyridine rings is 1. The Morgan fingerprint density at radius 3 is 2.61 bits per heavy atom. The van der Waals surface area contributed by atoms with Gasteiger partial charge in [-0.05, 0) is 37.9 Å². The lowest BCUT2D eigenvalue weighted by Gasteiger charge is -2.22. The van der Waals surface area contributed by atoms with E-state index in [-0.39, 0.29) is 47.6 Å². The fourth-order valence-electron chi connectivity index (χ4n) is 3.22. The van der Waals surface area contributed by atoms with Gasteiger partial charge in [0.2, 0.25) is 0 Å². The molecule has 0 aliphatic carbocycles. The number of alkyl halides is 3. The van der Waals surface area contributed by atoms with Crippen molar-refractivity contribution in [2.24, 2.45) is 11.7 Å². The van der Waals surface area contributed by atoms with Gasteiger partial charge in [-0.3, -0.25) is 4.79 Å². The predicted molar refractivity (Wildman–Crippen MR) is 104 cm³/mol. The molecule has 2 aromatic rings. The molecule has 0 spiro atoms. The second-order valence-electron chi connectivity index (χ2n) is 6.27. The number of halogens is 6. The summed E-state index contributed by atoms with van der Waals surface area (Å²) in [6.07, 6.45) is -1.93. The summed E-state index contributed by atoms with van der Waals surface area (Å²) in [4.78, 5) is 18.1. The molecule has 1 aliphatic heterocycles. The van der Waals surface area contributed by atoms with Crippen molar-refractivity contribution in [2.45, 2.75) is 25.6 Å².